The minimum absolute atomic E-state index is 0.378. The third-order valence-electron chi connectivity index (χ3n) is 3.78. The molecule has 0 aliphatic heterocycles. The van der Waals surface area contributed by atoms with Crippen LogP contribution in [0, 0.1) is 11.8 Å². The molecule has 1 fully saturated rings. The molecule has 3 nitrogen and oxygen atoms in total. The van der Waals surface area contributed by atoms with Crippen molar-refractivity contribution in [2.24, 2.45) is 17.6 Å². The van der Waals surface area contributed by atoms with E-state index in [1.54, 1.807) is 12.1 Å². The number of primary amides is 1. The van der Waals surface area contributed by atoms with E-state index in [0.29, 0.717) is 16.6 Å². The molecule has 0 aromatic heterocycles. The average Bonchev–Trinajstić information content (AvgIpc) is 2.30. The first-order valence-corrected chi connectivity index (χ1v) is 7.19. The molecule has 1 aliphatic carbocycles. The zero-order valence-electron chi connectivity index (χ0n) is 11.4. The van der Waals surface area contributed by atoms with Crippen molar-refractivity contribution in [1.29, 1.82) is 0 Å². The van der Waals surface area contributed by atoms with Crippen molar-refractivity contribution in [3.05, 3.63) is 28.8 Å². The highest BCUT2D eigenvalue weighted by Gasteiger charge is 2.23. The molecule has 0 spiro atoms. The fourth-order valence-corrected chi connectivity index (χ4v) is 3.32. The summed E-state index contributed by atoms with van der Waals surface area (Å²) in [5, 5.41) is 3.90. The molecule has 4 heteroatoms. The number of halogens is 1. The van der Waals surface area contributed by atoms with Crippen LogP contribution in [0.1, 0.15) is 43.5 Å². The summed E-state index contributed by atoms with van der Waals surface area (Å²) in [6, 6.07) is 5.83. The van der Waals surface area contributed by atoms with Gasteiger partial charge in [-0.3, -0.25) is 4.79 Å². The Morgan fingerprint density at radius 3 is 2.47 bits per heavy atom. The summed E-state index contributed by atoms with van der Waals surface area (Å²) in [6.07, 6.45) is 3.63. The minimum Gasteiger partial charge on any atom is -0.382 e. The summed E-state index contributed by atoms with van der Waals surface area (Å²) in [5.41, 5.74) is 6.61. The van der Waals surface area contributed by atoms with Gasteiger partial charge in [0.05, 0.1) is 10.6 Å². The van der Waals surface area contributed by atoms with Gasteiger partial charge < -0.3 is 11.1 Å². The second kappa shape index (κ2) is 5.83. The highest BCUT2D eigenvalue weighted by molar-refractivity contribution is 6.33. The smallest absolute Gasteiger partial charge is 0.250 e. The third kappa shape index (κ3) is 3.63. The van der Waals surface area contributed by atoms with Gasteiger partial charge in [-0.05, 0) is 49.3 Å². The number of hydrogen-bond donors (Lipinski definition) is 2. The molecule has 19 heavy (non-hydrogen) atoms. The van der Waals surface area contributed by atoms with Gasteiger partial charge in [0.2, 0.25) is 5.91 Å². The SMILES string of the molecule is CC1CC(C)CC(Nc2ccc(Cl)c(C(N)=O)c2)C1. The summed E-state index contributed by atoms with van der Waals surface area (Å²) in [6.45, 7) is 4.59. The molecule has 104 valence electrons. The van der Waals surface area contributed by atoms with Gasteiger partial charge in [-0.25, -0.2) is 0 Å². The normalized spacial score (nSPS) is 27.0. The number of nitrogens with two attached hydrogens (primary N) is 1. The molecule has 1 amide bonds. The fourth-order valence-electron chi connectivity index (χ4n) is 3.10. The van der Waals surface area contributed by atoms with E-state index < -0.39 is 5.91 Å². The van der Waals surface area contributed by atoms with Gasteiger partial charge in [-0.2, -0.15) is 0 Å². The van der Waals surface area contributed by atoms with Gasteiger partial charge in [-0.1, -0.05) is 25.4 Å². The van der Waals surface area contributed by atoms with Crippen molar-refractivity contribution in [2.45, 2.75) is 39.2 Å². The van der Waals surface area contributed by atoms with Crippen molar-refractivity contribution in [2.75, 3.05) is 5.32 Å². The maximum absolute atomic E-state index is 11.3. The quantitative estimate of drug-likeness (QED) is 0.887. The Hall–Kier alpha value is -1.22. The van der Waals surface area contributed by atoms with E-state index in [2.05, 4.69) is 19.2 Å². The number of rotatable bonds is 3. The van der Waals surface area contributed by atoms with Gasteiger partial charge >= 0.3 is 0 Å². The lowest BCUT2D eigenvalue weighted by atomic mass is 9.80. The van der Waals surface area contributed by atoms with Crippen molar-refractivity contribution in [1.82, 2.24) is 0 Å². The van der Waals surface area contributed by atoms with Crippen LogP contribution in [-0.4, -0.2) is 11.9 Å². The van der Waals surface area contributed by atoms with Crippen LogP contribution in [0.15, 0.2) is 18.2 Å². The molecule has 3 N–H and O–H groups in total. The maximum Gasteiger partial charge on any atom is 0.250 e. The first-order valence-electron chi connectivity index (χ1n) is 6.81. The number of hydrogen-bond acceptors (Lipinski definition) is 2. The predicted octanol–water partition coefficient (Wildman–Crippen LogP) is 3.68. The lowest BCUT2D eigenvalue weighted by Gasteiger charge is -2.32. The fraction of sp³-hybridized carbons (Fsp3) is 0.533. The molecule has 0 heterocycles. The first kappa shape index (κ1) is 14.2. The van der Waals surface area contributed by atoms with Crippen LogP contribution < -0.4 is 11.1 Å². The van der Waals surface area contributed by atoms with Crippen LogP contribution in [0.3, 0.4) is 0 Å². The topological polar surface area (TPSA) is 55.1 Å². The molecule has 2 unspecified atom stereocenters. The van der Waals surface area contributed by atoms with Crippen molar-refractivity contribution in [3.63, 3.8) is 0 Å². The lowest BCUT2D eigenvalue weighted by molar-refractivity contribution is 0.100. The summed E-state index contributed by atoms with van der Waals surface area (Å²) < 4.78 is 0. The Morgan fingerprint density at radius 2 is 1.89 bits per heavy atom. The Bertz CT molecular complexity index is 465. The molecule has 0 radical (unpaired) electrons. The monoisotopic (exact) mass is 280 g/mol. The Balaban J connectivity index is 2.10. The first-order chi connectivity index (χ1) is 8.95. The van der Waals surface area contributed by atoms with E-state index in [-0.39, 0.29) is 0 Å². The van der Waals surface area contributed by atoms with Crippen LogP contribution in [0.5, 0.6) is 0 Å². The maximum atomic E-state index is 11.3. The average molecular weight is 281 g/mol. The van der Waals surface area contributed by atoms with Crippen molar-refractivity contribution >= 4 is 23.2 Å². The largest absolute Gasteiger partial charge is 0.382 e. The molecular formula is C15H21ClN2O. The predicted molar refractivity (Wildman–Crippen MR) is 79.6 cm³/mol. The van der Waals surface area contributed by atoms with E-state index in [1.165, 1.54) is 19.3 Å². The van der Waals surface area contributed by atoms with E-state index in [1.807, 2.05) is 6.07 Å². The molecule has 0 bridgehead atoms. The van der Waals surface area contributed by atoms with Crippen molar-refractivity contribution in [3.8, 4) is 0 Å². The zero-order chi connectivity index (χ0) is 14.0. The number of carbonyl (C=O) groups is 1. The minimum atomic E-state index is -0.487. The second-order valence-corrected chi connectivity index (χ2v) is 6.22. The standard InChI is InChI=1S/C15H21ClN2O/c1-9-5-10(2)7-12(6-9)18-11-3-4-14(16)13(8-11)15(17)19/h3-4,8-10,12,18H,5-7H2,1-2H3,(H2,17,19). The highest BCUT2D eigenvalue weighted by Crippen LogP contribution is 2.31. The van der Waals surface area contributed by atoms with Crippen LogP contribution in [0.25, 0.3) is 0 Å². The second-order valence-electron chi connectivity index (χ2n) is 5.82. The Morgan fingerprint density at radius 1 is 1.26 bits per heavy atom. The molecule has 1 aliphatic rings. The van der Waals surface area contributed by atoms with Crippen LogP contribution >= 0.6 is 11.6 Å². The van der Waals surface area contributed by atoms with Gasteiger partial charge in [0.15, 0.2) is 0 Å². The van der Waals surface area contributed by atoms with E-state index >= 15 is 0 Å². The molecule has 2 rings (SSSR count). The van der Waals surface area contributed by atoms with Crippen LogP contribution in [0.2, 0.25) is 5.02 Å². The highest BCUT2D eigenvalue weighted by atomic mass is 35.5. The number of carbonyl (C=O) groups excluding carboxylic acids is 1. The number of nitrogens with one attached hydrogen (secondary N) is 1. The molecule has 1 aromatic rings. The number of benzene rings is 1. The molecule has 1 saturated carbocycles. The summed E-state index contributed by atoms with van der Waals surface area (Å²) in [4.78, 5) is 11.3. The molecule has 1 aromatic carbocycles. The van der Waals surface area contributed by atoms with E-state index in [9.17, 15) is 4.79 Å². The summed E-state index contributed by atoms with van der Waals surface area (Å²) in [7, 11) is 0. The Kier molecular flexibility index (Phi) is 4.35. The van der Waals surface area contributed by atoms with Crippen molar-refractivity contribution < 1.29 is 4.79 Å². The number of anilines is 1. The van der Waals surface area contributed by atoms with Gasteiger partial charge in [-0.15, -0.1) is 0 Å². The van der Waals surface area contributed by atoms with Gasteiger partial charge in [0.1, 0.15) is 0 Å². The number of amides is 1. The Labute approximate surface area is 119 Å². The van der Waals surface area contributed by atoms with E-state index in [4.69, 9.17) is 17.3 Å². The van der Waals surface area contributed by atoms with Gasteiger partial charge in [0.25, 0.3) is 0 Å². The molecular weight excluding hydrogens is 260 g/mol. The van der Waals surface area contributed by atoms with Gasteiger partial charge in [0, 0.05) is 11.7 Å². The van der Waals surface area contributed by atoms with Crippen LogP contribution in [0.4, 0.5) is 5.69 Å². The lowest BCUT2D eigenvalue weighted by Crippen LogP contribution is -2.30. The van der Waals surface area contributed by atoms with Crippen LogP contribution in [-0.2, 0) is 0 Å². The third-order valence-corrected chi connectivity index (χ3v) is 4.11. The summed E-state index contributed by atoms with van der Waals surface area (Å²) in [5.74, 6) is 0.993. The zero-order valence-corrected chi connectivity index (χ0v) is 12.2. The molecule has 0 saturated heterocycles. The molecule has 2 atom stereocenters. The summed E-state index contributed by atoms with van der Waals surface area (Å²) >= 11 is 5.95. The van der Waals surface area contributed by atoms with E-state index in [0.717, 1.165) is 17.5 Å².